The third kappa shape index (κ3) is 4.95. The summed E-state index contributed by atoms with van der Waals surface area (Å²) in [6, 6.07) is 19.9. The van der Waals surface area contributed by atoms with Crippen LogP contribution in [0.3, 0.4) is 0 Å². The molecule has 1 aliphatic heterocycles. The highest BCUT2D eigenvalue weighted by Gasteiger charge is 2.19. The summed E-state index contributed by atoms with van der Waals surface area (Å²) in [7, 11) is 1.71. The Labute approximate surface area is 203 Å². The molecule has 7 heteroatoms. The van der Waals surface area contributed by atoms with Gasteiger partial charge in [0.2, 0.25) is 0 Å². The maximum Gasteiger partial charge on any atom is 0.200 e. The van der Waals surface area contributed by atoms with Crippen molar-refractivity contribution in [2.75, 3.05) is 51.3 Å². The average Bonchev–Trinajstić information content (AvgIpc) is 2.90. The number of piperazine rings is 1. The minimum Gasteiger partial charge on any atom is -0.508 e. The third-order valence-electron chi connectivity index (χ3n) is 6.40. The fourth-order valence-electron chi connectivity index (χ4n) is 4.43. The second-order valence-electron chi connectivity index (χ2n) is 8.53. The molecule has 0 amide bonds. The number of aromatic hydroxyl groups is 1. The number of hydrogen-bond acceptors (Lipinski definition) is 7. The number of rotatable bonds is 7. The number of ether oxygens (including phenoxy) is 2. The lowest BCUT2D eigenvalue weighted by molar-refractivity contribution is 0.200. The highest BCUT2D eigenvalue weighted by molar-refractivity contribution is 5.82. The van der Waals surface area contributed by atoms with Crippen molar-refractivity contribution in [1.29, 1.82) is 0 Å². The number of methoxy groups -OCH3 is 1. The van der Waals surface area contributed by atoms with Crippen LogP contribution in [0.4, 0.5) is 5.69 Å². The summed E-state index contributed by atoms with van der Waals surface area (Å²) < 4.78 is 17.2. The first-order valence-corrected chi connectivity index (χ1v) is 11.7. The standard InChI is InChI=1S/C28H28N2O5/c1-33-26-5-3-2-4-25(26)30-14-12-29(13-15-30)16-17-34-22-10-11-23-27(18-22)35-19-24(28(23)32)20-6-8-21(31)9-7-20/h2-11,18-19,31H,12-17H2,1H3. The smallest absolute Gasteiger partial charge is 0.200 e. The number of hydrogen-bond donors (Lipinski definition) is 1. The molecule has 0 aliphatic carbocycles. The van der Waals surface area contributed by atoms with Crippen molar-refractivity contribution in [3.8, 4) is 28.4 Å². The van der Waals surface area contributed by atoms with Crippen molar-refractivity contribution < 1.29 is 19.0 Å². The predicted octanol–water partition coefficient (Wildman–Crippen LogP) is 4.38. The van der Waals surface area contributed by atoms with Gasteiger partial charge in [-0.05, 0) is 42.0 Å². The van der Waals surface area contributed by atoms with Crippen LogP contribution in [0, 0.1) is 0 Å². The molecule has 5 rings (SSSR count). The van der Waals surface area contributed by atoms with Gasteiger partial charge in [-0.15, -0.1) is 0 Å². The molecule has 0 saturated carbocycles. The van der Waals surface area contributed by atoms with Crippen molar-refractivity contribution in [1.82, 2.24) is 4.90 Å². The summed E-state index contributed by atoms with van der Waals surface area (Å²) >= 11 is 0. The van der Waals surface area contributed by atoms with Gasteiger partial charge in [0.05, 0.1) is 23.7 Å². The Kier molecular flexibility index (Phi) is 6.59. The SMILES string of the molecule is COc1ccccc1N1CCN(CCOc2ccc3c(=O)c(-c4ccc(O)cc4)coc3c2)CC1. The Morgan fingerprint density at radius 3 is 2.51 bits per heavy atom. The van der Waals surface area contributed by atoms with Crippen molar-refractivity contribution in [3.63, 3.8) is 0 Å². The number of para-hydroxylation sites is 2. The van der Waals surface area contributed by atoms with Gasteiger partial charge < -0.3 is 23.9 Å². The van der Waals surface area contributed by atoms with Crippen molar-refractivity contribution in [3.05, 3.63) is 83.2 Å². The molecule has 1 fully saturated rings. The summed E-state index contributed by atoms with van der Waals surface area (Å²) in [5.74, 6) is 1.73. The Balaban J connectivity index is 1.18. The van der Waals surface area contributed by atoms with E-state index in [1.165, 1.54) is 6.26 Å². The molecule has 180 valence electrons. The minimum absolute atomic E-state index is 0.114. The Bertz CT molecular complexity index is 1360. The number of nitrogens with zero attached hydrogens (tertiary/aromatic N) is 2. The lowest BCUT2D eigenvalue weighted by Crippen LogP contribution is -2.47. The molecule has 0 unspecified atom stereocenters. The molecule has 2 heterocycles. The lowest BCUT2D eigenvalue weighted by Gasteiger charge is -2.36. The quantitative estimate of drug-likeness (QED) is 0.428. The molecule has 3 aromatic carbocycles. The first-order chi connectivity index (χ1) is 17.1. The Hall–Kier alpha value is -3.97. The topological polar surface area (TPSA) is 75.4 Å². The highest BCUT2D eigenvalue weighted by atomic mass is 16.5. The normalized spacial score (nSPS) is 14.3. The maximum atomic E-state index is 12.9. The number of fused-ring (bicyclic) bond motifs is 1. The molecular weight excluding hydrogens is 444 g/mol. The van der Waals surface area contributed by atoms with E-state index in [2.05, 4.69) is 15.9 Å². The van der Waals surface area contributed by atoms with Crippen LogP contribution in [0.25, 0.3) is 22.1 Å². The number of benzene rings is 3. The first kappa shape index (κ1) is 22.8. The van der Waals surface area contributed by atoms with E-state index < -0.39 is 0 Å². The molecule has 0 radical (unpaired) electrons. The zero-order chi connectivity index (χ0) is 24.2. The van der Waals surface area contributed by atoms with E-state index in [4.69, 9.17) is 13.9 Å². The fourth-order valence-corrected chi connectivity index (χ4v) is 4.43. The monoisotopic (exact) mass is 472 g/mol. The van der Waals surface area contributed by atoms with Gasteiger partial charge in [0, 0.05) is 38.8 Å². The number of phenolic OH excluding ortho intramolecular Hbond substituents is 1. The summed E-state index contributed by atoms with van der Waals surface area (Å²) in [5.41, 5.74) is 2.66. The zero-order valence-corrected chi connectivity index (χ0v) is 19.6. The zero-order valence-electron chi connectivity index (χ0n) is 19.6. The molecule has 1 aliphatic rings. The molecule has 0 atom stereocenters. The summed E-state index contributed by atoms with van der Waals surface area (Å²) in [5, 5.41) is 9.98. The van der Waals surface area contributed by atoms with E-state index in [1.54, 1.807) is 49.6 Å². The lowest BCUT2D eigenvalue weighted by atomic mass is 10.1. The number of phenols is 1. The highest BCUT2D eigenvalue weighted by Crippen LogP contribution is 2.28. The average molecular weight is 473 g/mol. The summed E-state index contributed by atoms with van der Waals surface area (Å²) in [4.78, 5) is 17.7. The third-order valence-corrected chi connectivity index (χ3v) is 6.40. The van der Waals surface area contributed by atoms with Gasteiger partial charge in [-0.1, -0.05) is 24.3 Å². The molecule has 4 aromatic rings. The van der Waals surface area contributed by atoms with E-state index in [0.717, 1.165) is 44.2 Å². The fraction of sp³-hybridized carbons (Fsp3) is 0.250. The van der Waals surface area contributed by atoms with Gasteiger partial charge in [0.1, 0.15) is 35.7 Å². The second kappa shape index (κ2) is 10.1. The maximum absolute atomic E-state index is 12.9. The predicted molar refractivity (Wildman–Crippen MR) is 137 cm³/mol. The van der Waals surface area contributed by atoms with Crippen LogP contribution in [0.15, 0.2) is 82.2 Å². The van der Waals surface area contributed by atoms with Crippen LogP contribution in [0.2, 0.25) is 0 Å². The van der Waals surface area contributed by atoms with Crippen LogP contribution in [0.5, 0.6) is 17.2 Å². The molecule has 35 heavy (non-hydrogen) atoms. The van der Waals surface area contributed by atoms with Gasteiger partial charge in [-0.25, -0.2) is 0 Å². The van der Waals surface area contributed by atoms with Crippen LogP contribution in [-0.4, -0.2) is 56.4 Å². The summed E-state index contributed by atoms with van der Waals surface area (Å²) in [6.07, 6.45) is 1.46. The van der Waals surface area contributed by atoms with E-state index in [-0.39, 0.29) is 11.2 Å². The molecule has 1 saturated heterocycles. The number of anilines is 1. The van der Waals surface area contributed by atoms with Crippen LogP contribution >= 0.6 is 0 Å². The Morgan fingerprint density at radius 1 is 0.971 bits per heavy atom. The molecular formula is C28H28N2O5. The minimum atomic E-state index is -0.114. The van der Waals surface area contributed by atoms with Gasteiger partial charge in [0.25, 0.3) is 0 Å². The Morgan fingerprint density at radius 2 is 1.74 bits per heavy atom. The van der Waals surface area contributed by atoms with E-state index in [1.807, 2.05) is 18.2 Å². The second-order valence-corrected chi connectivity index (χ2v) is 8.53. The molecule has 1 aromatic heterocycles. The van der Waals surface area contributed by atoms with Gasteiger partial charge in [-0.3, -0.25) is 9.69 Å². The van der Waals surface area contributed by atoms with E-state index >= 15 is 0 Å². The molecule has 7 nitrogen and oxygen atoms in total. The van der Waals surface area contributed by atoms with Gasteiger partial charge in [0.15, 0.2) is 5.43 Å². The first-order valence-electron chi connectivity index (χ1n) is 11.7. The largest absolute Gasteiger partial charge is 0.508 e. The van der Waals surface area contributed by atoms with E-state index in [9.17, 15) is 9.90 Å². The van der Waals surface area contributed by atoms with Gasteiger partial charge in [-0.2, -0.15) is 0 Å². The summed E-state index contributed by atoms with van der Waals surface area (Å²) in [6.45, 7) is 5.15. The van der Waals surface area contributed by atoms with Crippen LogP contribution < -0.4 is 19.8 Å². The van der Waals surface area contributed by atoms with Crippen molar-refractivity contribution in [2.45, 2.75) is 0 Å². The van der Waals surface area contributed by atoms with Crippen LogP contribution in [-0.2, 0) is 0 Å². The van der Waals surface area contributed by atoms with Crippen molar-refractivity contribution in [2.24, 2.45) is 0 Å². The van der Waals surface area contributed by atoms with Gasteiger partial charge >= 0.3 is 0 Å². The van der Waals surface area contributed by atoms with Crippen LogP contribution in [0.1, 0.15) is 0 Å². The molecule has 0 spiro atoms. The van der Waals surface area contributed by atoms with E-state index in [0.29, 0.717) is 34.5 Å². The molecule has 1 N–H and O–H groups in total. The molecule has 0 bridgehead atoms. The van der Waals surface area contributed by atoms with Crippen molar-refractivity contribution >= 4 is 16.7 Å².